The number of nitrogens with one attached hydrogen (secondary N) is 1. The maximum Gasteiger partial charge on any atom is 0.329 e. The van der Waals surface area contributed by atoms with Gasteiger partial charge in [-0.1, -0.05) is 30.3 Å². The largest absolute Gasteiger partial charge is 0.495 e. The number of hydrogen-bond donors (Lipinski definition) is 2. The van der Waals surface area contributed by atoms with Crippen LogP contribution in [0.5, 0.6) is 5.75 Å². The number of anilines is 2. The van der Waals surface area contributed by atoms with Crippen molar-refractivity contribution in [1.29, 1.82) is 0 Å². The molecule has 1 atom stereocenters. The number of hydrogen-bond acceptors (Lipinski definition) is 4. The number of urea groups is 1. The Labute approximate surface area is 151 Å². The highest BCUT2D eigenvalue weighted by Crippen LogP contribution is 2.34. The number of carboxylic acids is 1. The number of nitrogens with zero attached hydrogens (tertiary/aromatic N) is 2. The van der Waals surface area contributed by atoms with Crippen molar-refractivity contribution in [3.63, 3.8) is 0 Å². The van der Waals surface area contributed by atoms with Crippen LogP contribution in [-0.2, 0) is 4.79 Å². The number of aliphatic carboxylic acids is 1. The van der Waals surface area contributed by atoms with Crippen LogP contribution in [0, 0.1) is 0 Å². The van der Waals surface area contributed by atoms with E-state index in [2.05, 4.69) is 5.32 Å². The molecule has 0 saturated carbocycles. The molecule has 0 spiro atoms. The Bertz CT molecular complexity index is 781. The van der Waals surface area contributed by atoms with Gasteiger partial charge in [0.2, 0.25) is 0 Å². The van der Waals surface area contributed by atoms with Crippen LogP contribution in [0.3, 0.4) is 0 Å². The lowest BCUT2D eigenvalue weighted by Gasteiger charge is -2.36. The first kappa shape index (κ1) is 17.8. The van der Waals surface area contributed by atoms with Crippen LogP contribution >= 0.6 is 0 Å². The van der Waals surface area contributed by atoms with Crippen molar-refractivity contribution in [1.82, 2.24) is 10.2 Å². The van der Waals surface area contributed by atoms with Crippen LogP contribution < -0.4 is 15.0 Å². The molecule has 0 aliphatic carbocycles. The molecule has 1 aliphatic rings. The summed E-state index contributed by atoms with van der Waals surface area (Å²) in [7, 11) is 1.55. The molecule has 1 saturated heterocycles. The van der Waals surface area contributed by atoms with Gasteiger partial charge < -0.3 is 20.1 Å². The number of rotatable bonds is 4. The van der Waals surface area contributed by atoms with E-state index < -0.39 is 12.0 Å². The minimum Gasteiger partial charge on any atom is -0.495 e. The fraction of sp³-hybridized carbons (Fsp3) is 0.263. The second kappa shape index (κ2) is 7.88. The summed E-state index contributed by atoms with van der Waals surface area (Å²) < 4.78 is 5.43. The predicted molar refractivity (Wildman–Crippen MR) is 98.0 cm³/mol. The number of methoxy groups -OCH3 is 1. The standard InChI is InChI=1S/C19H21N3O4/c1-26-17-10-6-5-9-16(17)22(14-7-3-2-4-8-14)19(25)21-12-11-20-15(13-21)18(23)24/h2-10,15,20H,11-13H2,1H3,(H,23,24). The minimum atomic E-state index is -0.967. The number of carboxylic acid groups (broad SMARTS) is 1. The van der Waals surface area contributed by atoms with E-state index >= 15 is 0 Å². The van der Waals surface area contributed by atoms with Crippen molar-refractivity contribution in [3.05, 3.63) is 54.6 Å². The van der Waals surface area contributed by atoms with E-state index in [9.17, 15) is 14.7 Å². The van der Waals surface area contributed by atoms with Gasteiger partial charge in [-0.25, -0.2) is 4.79 Å². The van der Waals surface area contributed by atoms with E-state index in [1.54, 1.807) is 29.0 Å². The SMILES string of the molecule is COc1ccccc1N(C(=O)N1CCNC(C(=O)O)C1)c1ccccc1. The number of carbonyl (C=O) groups is 2. The summed E-state index contributed by atoms with van der Waals surface area (Å²) in [5.74, 6) is -0.402. The zero-order valence-corrected chi connectivity index (χ0v) is 14.5. The first-order valence-electron chi connectivity index (χ1n) is 8.35. The van der Waals surface area contributed by atoms with E-state index in [1.165, 1.54) is 0 Å². The lowest BCUT2D eigenvalue weighted by molar-refractivity contribution is -0.140. The van der Waals surface area contributed by atoms with E-state index in [4.69, 9.17) is 4.74 Å². The Kier molecular flexibility index (Phi) is 5.38. The first-order chi connectivity index (χ1) is 12.6. The average molecular weight is 355 g/mol. The Morgan fingerprint density at radius 2 is 1.85 bits per heavy atom. The monoisotopic (exact) mass is 355 g/mol. The van der Waals surface area contributed by atoms with E-state index in [0.717, 1.165) is 0 Å². The van der Waals surface area contributed by atoms with Gasteiger partial charge in [-0.3, -0.25) is 9.69 Å². The summed E-state index contributed by atoms with van der Waals surface area (Å²) in [5.41, 5.74) is 1.30. The molecular formula is C19H21N3O4. The molecule has 0 aromatic heterocycles. The molecule has 0 radical (unpaired) electrons. The number of amides is 2. The molecule has 7 heteroatoms. The van der Waals surface area contributed by atoms with Crippen LogP contribution in [-0.4, -0.2) is 54.8 Å². The van der Waals surface area contributed by atoms with Gasteiger partial charge in [-0.2, -0.15) is 0 Å². The highest BCUT2D eigenvalue weighted by molar-refractivity contribution is 6.01. The number of piperazine rings is 1. The Morgan fingerprint density at radius 1 is 1.15 bits per heavy atom. The molecule has 2 amide bonds. The maximum atomic E-state index is 13.3. The summed E-state index contributed by atoms with van der Waals surface area (Å²) in [4.78, 5) is 27.7. The van der Waals surface area contributed by atoms with Crippen molar-refractivity contribution < 1.29 is 19.4 Å². The second-order valence-electron chi connectivity index (χ2n) is 5.92. The molecule has 1 fully saturated rings. The average Bonchev–Trinajstić information content (AvgIpc) is 2.69. The molecule has 136 valence electrons. The normalized spacial score (nSPS) is 16.8. The van der Waals surface area contributed by atoms with Crippen molar-refractivity contribution in [2.24, 2.45) is 0 Å². The van der Waals surface area contributed by atoms with Crippen molar-refractivity contribution in [2.45, 2.75) is 6.04 Å². The molecule has 2 N–H and O–H groups in total. The van der Waals surface area contributed by atoms with Crippen LogP contribution in [0.2, 0.25) is 0 Å². The molecular weight excluding hydrogens is 334 g/mol. The van der Waals surface area contributed by atoms with Crippen LogP contribution in [0.4, 0.5) is 16.2 Å². The highest BCUT2D eigenvalue weighted by atomic mass is 16.5. The van der Waals surface area contributed by atoms with Gasteiger partial charge in [0.15, 0.2) is 0 Å². The summed E-state index contributed by atoms with van der Waals surface area (Å²) in [6.07, 6.45) is 0. The lowest BCUT2D eigenvalue weighted by Crippen LogP contribution is -2.57. The third-order valence-corrected chi connectivity index (χ3v) is 4.28. The van der Waals surface area contributed by atoms with Crippen molar-refractivity contribution >= 4 is 23.4 Å². The number of para-hydroxylation sites is 3. The molecule has 26 heavy (non-hydrogen) atoms. The molecule has 1 aliphatic heterocycles. The fourth-order valence-corrected chi connectivity index (χ4v) is 2.97. The maximum absolute atomic E-state index is 13.3. The minimum absolute atomic E-state index is 0.104. The van der Waals surface area contributed by atoms with Gasteiger partial charge in [0.1, 0.15) is 11.8 Å². The van der Waals surface area contributed by atoms with Crippen LogP contribution in [0.15, 0.2) is 54.6 Å². The van der Waals surface area contributed by atoms with E-state index in [1.807, 2.05) is 42.5 Å². The van der Waals surface area contributed by atoms with Crippen molar-refractivity contribution in [2.75, 3.05) is 31.6 Å². The molecule has 1 unspecified atom stereocenters. The number of carbonyl (C=O) groups excluding carboxylic acids is 1. The Morgan fingerprint density at radius 3 is 2.54 bits per heavy atom. The topological polar surface area (TPSA) is 82.1 Å². The number of benzene rings is 2. The fourth-order valence-electron chi connectivity index (χ4n) is 2.97. The quantitative estimate of drug-likeness (QED) is 0.880. The van der Waals surface area contributed by atoms with Crippen LogP contribution in [0.1, 0.15) is 0 Å². The zero-order chi connectivity index (χ0) is 18.5. The zero-order valence-electron chi connectivity index (χ0n) is 14.5. The van der Waals surface area contributed by atoms with Gasteiger partial charge in [0, 0.05) is 19.6 Å². The summed E-state index contributed by atoms with van der Waals surface area (Å²) in [6, 6.07) is 15.4. The van der Waals surface area contributed by atoms with Crippen LogP contribution in [0.25, 0.3) is 0 Å². The smallest absolute Gasteiger partial charge is 0.329 e. The number of ether oxygens (including phenoxy) is 1. The van der Waals surface area contributed by atoms with Gasteiger partial charge in [0.05, 0.1) is 18.5 Å². The second-order valence-corrected chi connectivity index (χ2v) is 5.92. The summed E-state index contributed by atoms with van der Waals surface area (Å²) >= 11 is 0. The highest BCUT2D eigenvalue weighted by Gasteiger charge is 2.32. The molecule has 2 aromatic carbocycles. The predicted octanol–water partition coefficient (Wildman–Crippen LogP) is 2.31. The third kappa shape index (κ3) is 3.62. The first-order valence-corrected chi connectivity index (χ1v) is 8.35. The van der Waals surface area contributed by atoms with E-state index in [0.29, 0.717) is 30.2 Å². The van der Waals surface area contributed by atoms with Gasteiger partial charge in [0.25, 0.3) is 0 Å². The van der Waals surface area contributed by atoms with Gasteiger partial charge in [-0.05, 0) is 24.3 Å². The molecule has 7 nitrogen and oxygen atoms in total. The third-order valence-electron chi connectivity index (χ3n) is 4.28. The molecule has 3 rings (SSSR count). The molecule has 1 heterocycles. The lowest BCUT2D eigenvalue weighted by atomic mass is 10.2. The van der Waals surface area contributed by atoms with Gasteiger partial charge >= 0.3 is 12.0 Å². The summed E-state index contributed by atoms with van der Waals surface area (Å²) in [6.45, 7) is 0.963. The Hall–Kier alpha value is -3.06. The molecule has 0 bridgehead atoms. The van der Waals surface area contributed by atoms with Gasteiger partial charge in [-0.15, -0.1) is 0 Å². The Balaban J connectivity index is 1.98. The van der Waals surface area contributed by atoms with E-state index in [-0.39, 0.29) is 12.6 Å². The summed E-state index contributed by atoms with van der Waals surface area (Å²) in [5, 5.41) is 12.2. The van der Waals surface area contributed by atoms with Crippen molar-refractivity contribution in [3.8, 4) is 5.75 Å². The molecule has 2 aromatic rings.